The fourth-order valence-corrected chi connectivity index (χ4v) is 4.97. The minimum absolute atomic E-state index is 0.00584. The van der Waals surface area contributed by atoms with Gasteiger partial charge in [0.05, 0.1) is 19.3 Å². The standard InChI is InChI=1S/C20H26O5/c1-11-6-13(9-14(7-11)23-3)16-10-15-17(24-4)8-12(2)20(16,19(21)22)18(15)25-5/h6-9,15-18H,10H2,1-5H3,(H,21,22). The molecule has 0 aromatic heterocycles. The van der Waals surface area contributed by atoms with E-state index in [1.54, 1.807) is 21.3 Å². The van der Waals surface area contributed by atoms with E-state index in [1.165, 1.54) is 0 Å². The van der Waals surface area contributed by atoms with Gasteiger partial charge in [0.25, 0.3) is 0 Å². The molecule has 25 heavy (non-hydrogen) atoms. The summed E-state index contributed by atoms with van der Waals surface area (Å²) >= 11 is 0. The van der Waals surface area contributed by atoms with E-state index in [1.807, 2.05) is 32.1 Å². The number of rotatable bonds is 5. The van der Waals surface area contributed by atoms with Crippen LogP contribution in [0.5, 0.6) is 5.75 Å². The Morgan fingerprint density at radius 1 is 1.16 bits per heavy atom. The van der Waals surface area contributed by atoms with Gasteiger partial charge in [-0.3, -0.25) is 4.79 Å². The number of carboxylic acids is 1. The van der Waals surface area contributed by atoms with Gasteiger partial charge in [-0.2, -0.15) is 0 Å². The molecule has 5 nitrogen and oxygen atoms in total. The first-order chi connectivity index (χ1) is 11.9. The third kappa shape index (κ3) is 2.49. The number of aryl methyl sites for hydroxylation is 1. The number of hydrogen-bond acceptors (Lipinski definition) is 4. The zero-order valence-electron chi connectivity index (χ0n) is 15.4. The Hall–Kier alpha value is -1.85. The van der Waals surface area contributed by atoms with Crippen LogP contribution in [0.3, 0.4) is 0 Å². The molecular formula is C20H26O5. The lowest BCUT2D eigenvalue weighted by Gasteiger charge is -2.42. The van der Waals surface area contributed by atoms with Crippen molar-refractivity contribution in [2.45, 2.75) is 38.4 Å². The highest BCUT2D eigenvalue weighted by Crippen LogP contribution is 2.61. The third-order valence-electron chi connectivity index (χ3n) is 5.98. The van der Waals surface area contributed by atoms with Gasteiger partial charge < -0.3 is 19.3 Å². The summed E-state index contributed by atoms with van der Waals surface area (Å²) in [7, 11) is 4.89. The first-order valence-corrected chi connectivity index (χ1v) is 8.53. The van der Waals surface area contributed by atoms with E-state index >= 15 is 0 Å². The first kappa shape index (κ1) is 18.0. The second kappa shape index (κ2) is 6.46. The van der Waals surface area contributed by atoms with E-state index in [9.17, 15) is 9.90 Å². The van der Waals surface area contributed by atoms with E-state index in [4.69, 9.17) is 14.2 Å². The number of ether oxygens (including phenoxy) is 3. The molecule has 1 aromatic rings. The van der Waals surface area contributed by atoms with Crippen molar-refractivity contribution in [3.63, 3.8) is 0 Å². The summed E-state index contributed by atoms with van der Waals surface area (Å²) in [5, 5.41) is 10.3. The van der Waals surface area contributed by atoms with Crippen molar-refractivity contribution in [2.75, 3.05) is 21.3 Å². The molecule has 0 saturated heterocycles. The van der Waals surface area contributed by atoms with E-state index in [0.29, 0.717) is 6.42 Å². The Balaban J connectivity index is 2.20. The van der Waals surface area contributed by atoms with E-state index in [-0.39, 0.29) is 17.9 Å². The number of carbonyl (C=O) groups is 1. The van der Waals surface area contributed by atoms with E-state index in [0.717, 1.165) is 22.4 Å². The largest absolute Gasteiger partial charge is 0.497 e. The normalized spacial score (nSPS) is 33.9. The Morgan fingerprint density at radius 3 is 2.44 bits per heavy atom. The molecule has 2 aliphatic rings. The molecule has 5 atom stereocenters. The Bertz CT molecular complexity index is 710. The highest BCUT2D eigenvalue weighted by Gasteiger charge is 2.65. The molecule has 136 valence electrons. The number of methoxy groups -OCH3 is 3. The van der Waals surface area contributed by atoms with Gasteiger partial charge in [-0.25, -0.2) is 0 Å². The number of hydrogen-bond donors (Lipinski definition) is 1. The molecule has 0 heterocycles. The summed E-state index contributed by atoms with van der Waals surface area (Å²) in [5.74, 6) is -0.275. The van der Waals surface area contributed by atoms with Crippen molar-refractivity contribution < 1.29 is 24.1 Å². The van der Waals surface area contributed by atoms with Crippen LogP contribution in [-0.4, -0.2) is 44.6 Å². The maximum atomic E-state index is 12.5. The molecule has 3 rings (SSSR count). The van der Waals surface area contributed by atoms with Crippen molar-refractivity contribution in [3.8, 4) is 5.75 Å². The highest BCUT2D eigenvalue weighted by atomic mass is 16.5. The maximum absolute atomic E-state index is 12.5. The van der Waals surface area contributed by atoms with Crippen LogP contribution in [0, 0.1) is 18.3 Å². The molecule has 0 radical (unpaired) electrons. The van der Waals surface area contributed by atoms with Crippen LogP contribution >= 0.6 is 0 Å². The Kier molecular flexibility index (Phi) is 4.64. The molecule has 0 aliphatic heterocycles. The van der Waals surface area contributed by atoms with Gasteiger partial charge in [0.1, 0.15) is 11.2 Å². The summed E-state index contributed by atoms with van der Waals surface area (Å²) < 4.78 is 16.8. The summed E-state index contributed by atoms with van der Waals surface area (Å²) in [5.41, 5.74) is 1.76. The smallest absolute Gasteiger partial charge is 0.317 e. The van der Waals surface area contributed by atoms with Gasteiger partial charge in [0, 0.05) is 26.1 Å². The molecule has 2 aliphatic carbocycles. The van der Waals surface area contributed by atoms with Gasteiger partial charge in [-0.05, 0) is 43.5 Å². The van der Waals surface area contributed by atoms with Crippen LogP contribution in [0.4, 0.5) is 0 Å². The molecule has 5 unspecified atom stereocenters. The monoisotopic (exact) mass is 346 g/mol. The predicted molar refractivity (Wildman–Crippen MR) is 94.0 cm³/mol. The predicted octanol–water partition coefficient (Wildman–Crippen LogP) is 3.17. The molecule has 1 saturated carbocycles. The fraction of sp³-hybridized carbons (Fsp3) is 0.550. The van der Waals surface area contributed by atoms with Crippen molar-refractivity contribution in [3.05, 3.63) is 41.0 Å². The van der Waals surface area contributed by atoms with Crippen LogP contribution < -0.4 is 4.74 Å². The molecule has 1 N–H and O–H groups in total. The van der Waals surface area contributed by atoms with Gasteiger partial charge in [0.2, 0.25) is 0 Å². The van der Waals surface area contributed by atoms with Crippen molar-refractivity contribution >= 4 is 5.97 Å². The number of benzene rings is 1. The molecule has 2 bridgehead atoms. The van der Waals surface area contributed by atoms with Crippen molar-refractivity contribution in [1.29, 1.82) is 0 Å². The van der Waals surface area contributed by atoms with Gasteiger partial charge in [0.15, 0.2) is 0 Å². The van der Waals surface area contributed by atoms with E-state index in [2.05, 4.69) is 6.07 Å². The summed E-state index contributed by atoms with van der Waals surface area (Å²) in [6, 6.07) is 5.96. The summed E-state index contributed by atoms with van der Waals surface area (Å²) in [4.78, 5) is 12.5. The van der Waals surface area contributed by atoms with Crippen LogP contribution in [0.15, 0.2) is 29.8 Å². The highest BCUT2D eigenvalue weighted by molar-refractivity contribution is 5.82. The van der Waals surface area contributed by atoms with Gasteiger partial charge >= 0.3 is 5.97 Å². The minimum atomic E-state index is -1.08. The first-order valence-electron chi connectivity index (χ1n) is 8.53. The molecule has 5 heteroatoms. The third-order valence-corrected chi connectivity index (χ3v) is 5.98. The number of carboxylic acid groups (broad SMARTS) is 1. The number of fused-ring (bicyclic) bond motifs is 2. The quantitative estimate of drug-likeness (QED) is 0.830. The average molecular weight is 346 g/mol. The number of aliphatic carboxylic acids is 1. The Labute approximate surface area is 148 Å². The molecule has 1 fully saturated rings. The molecule has 0 spiro atoms. The maximum Gasteiger partial charge on any atom is 0.317 e. The summed E-state index contributed by atoms with van der Waals surface area (Å²) in [6.07, 6.45) is 2.11. The van der Waals surface area contributed by atoms with E-state index < -0.39 is 17.5 Å². The second-order valence-corrected chi connectivity index (χ2v) is 7.12. The van der Waals surface area contributed by atoms with Crippen LogP contribution in [0.25, 0.3) is 0 Å². The topological polar surface area (TPSA) is 65.0 Å². The van der Waals surface area contributed by atoms with Crippen LogP contribution in [-0.2, 0) is 14.3 Å². The van der Waals surface area contributed by atoms with Crippen molar-refractivity contribution in [1.82, 2.24) is 0 Å². The lowest BCUT2D eigenvalue weighted by atomic mass is 9.66. The fourth-order valence-electron chi connectivity index (χ4n) is 4.97. The summed E-state index contributed by atoms with van der Waals surface area (Å²) in [6.45, 7) is 3.88. The minimum Gasteiger partial charge on any atom is -0.497 e. The molecular weight excluding hydrogens is 320 g/mol. The van der Waals surface area contributed by atoms with Gasteiger partial charge in [-0.15, -0.1) is 0 Å². The SMILES string of the molecule is COc1cc(C)cc(C2CC3C(OC)C=C(C)C2(C(=O)O)C3OC)c1. The Morgan fingerprint density at radius 2 is 1.88 bits per heavy atom. The zero-order chi connectivity index (χ0) is 18.4. The lowest BCUT2D eigenvalue weighted by Crippen LogP contribution is -2.50. The van der Waals surface area contributed by atoms with Crippen molar-refractivity contribution in [2.24, 2.45) is 11.3 Å². The second-order valence-electron chi connectivity index (χ2n) is 7.12. The molecule has 1 aromatic carbocycles. The zero-order valence-corrected chi connectivity index (χ0v) is 15.4. The van der Waals surface area contributed by atoms with Crippen LogP contribution in [0.2, 0.25) is 0 Å². The van der Waals surface area contributed by atoms with Crippen LogP contribution in [0.1, 0.15) is 30.4 Å². The molecule has 0 amide bonds. The van der Waals surface area contributed by atoms with Gasteiger partial charge in [-0.1, -0.05) is 17.7 Å². The average Bonchev–Trinajstić information content (AvgIpc) is 2.88. The lowest BCUT2D eigenvalue weighted by molar-refractivity contribution is -0.157.